The summed E-state index contributed by atoms with van der Waals surface area (Å²) in [6, 6.07) is 8.24. The molecule has 3 aromatic rings. The summed E-state index contributed by atoms with van der Waals surface area (Å²) in [5, 5.41) is 0. The second kappa shape index (κ2) is 10.4. The number of halogens is 2. The van der Waals surface area contributed by atoms with Crippen LogP contribution in [-0.2, 0) is 14.3 Å². The van der Waals surface area contributed by atoms with Crippen molar-refractivity contribution >= 4 is 55.2 Å². The van der Waals surface area contributed by atoms with Gasteiger partial charge in [0.15, 0.2) is 9.47 Å². The lowest BCUT2D eigenvalue weighted by Gasteiger charge is -2.26. The minimum atomic E-state index is -0.778. The van der Waals surface area contributed by atoms with Gasteiger partial charge in [0, 0.05) is 18.7 Å². The Labute approximate surface area is 215 Å². The van der Waals surface area contributed by atoms with Crippen molar-refractivity contribution in [2.75, 3.05) is 27.4 Å². The Morgan fingerprint density at radius 3 is 2.71 bits per heavy atom. The number of fused-ring (bicyclic) bond motifs is 1. The lowest BCUT2D eigenvalue weighted by Crippen LogP contribution is -2.40. The van der Waals surface area contributed by atoms with Gasteiger partial charge < -0.3 is 18.6 Å². The Bertz CT molecular complexity index is 1430. The van der Waals surface area contributed by atoms with Crippen LogP contribution >= 0.6 is 43.2 Å². The standard InChI is InChI=1S/C23H20Br2N2O6S/c1-12-18(22(29)32-9-8-30-2)19(14-6-4-5-7-16(14)31-3)27-21(28)17(34-23(27)26-12)11-13-10-15(24)20(25)33-13/h4-7,10-11,19H,8-9H2,1-3H3. The van der Waals surface area contributed by atoms with Gasteiger partial charge in [0.1, 0.15) is 24.2 Å². The molecule has 1 aromatic carbocycles. The number of thiazole rings is 1. The summed E-state index contributed by atoms with van der Waals surface area (Å²) in [5.41, 5.74) is 1.07. The van der Waals surface area contributed by atoms with E-state index < -0.39 is 12.0 Å². The number of methoxy groups -OCH3 is 2. The Morgan fingerprint density at radius 2 is 2.03 bits per heavy atom. The SMILES string of the molecule is COCCOC(=O)C1=C(C)N=c2sc(=Cc3cc(Br)c(Br)o3)c(=O)n2C1c1ccccc1OC. The van der Waals surface area contributed by atoms with Gasteiger partial charge in [-0.25, -0.2) is 9.79 Å². The van der Waals surface area contributed by atoms with Crippen molar-refractivity contribution in [1.29, 1.82) is 0 Å². The number of hydrogen-bond acceptors (Lipinski definition) is 8. The topological polar surface area (TPSA) is 92.3 Å². The fourth-order valence-corrected chi connectivity index (χ4v) is 5.26. The van der Waals surface area contributed by atoms with Crippen molar-refractivity contribution in [3.63, 3.8) is 0 Å². The van der Waals surface area contributed by atoms with Crippen LogP contribution < -0.4 is 19.6 Å². The molecule has 0 fully saturated rings. The van der Waals surface area contributed by atoms with E-state index in [1.807, 2.05) is 18.2 Å². The molecule has 1 unspecified atom stereocenters. The number of aromatic nitrogens is 1. The molecule has 0 bridgehead atoms. The molecule has 11 heteroatoms. The van der Waals surface area contributed by atoms with E-state index in [1.165, 1.54) is 23.0 Å². The van der Waals surface area contributed by atoms with Crippen LogP contribution in [0.1, 0.15) is 24.3 Å². The molecule has 34 heavy (non-hydrogen) atoms. The number of carbonyl (C=O) groups excluding carboxylic acids is 1. The van der Waals surface area contributed by atoms with Gasteiger partial charge in [-0.3, -0.25) is 9.36 Å². The average molecular weight is 612 g/mol. The highest BCUT2D eigenvalue weighted by molar-refractivity contribution is 9.13. The van der Waals surface area contributed by atoms with Crippen molar-refractivity contribution in [3.05, 3.63) is 81.8 Å². The molecule has 0 saturated carbocycles. The van der Waals surface area contributed by atoms with E-state index >= 15 is 0 Å². The van der Waals surface area contributed by atoms with Gasteiger partial charge in [-0.05, 0) is 50.9 Å². The summed E-state index contributed by atoms with van der Waals surface area (Å²) in [4.78, 5) is 31.8. The van der Waals surface area contributed by atoms with Crippen LogP contribution in [0.15, 0.2) is 64.9 Å². The molecule has 0 aliphatic carbocycles. The largest absolute Gasteiger partial charge is 0.496 e. The zero-order valence-corrected chi connectivity index (χ0v) is 22.5. The van der Waals surface area contributed by atoms with Gasteiger partial charge in [0.05, 0.1) is 34.0 Å². The molecule has 4 rings (SSSR count). The molecule has 0 amide bonds. The molecule has 178 valence electrons. The fourth-order valence-electron chi connectivity index (χ4n) is 3.63. The number of allylic oxidation sites excluding steroid dienone is 1. The number of rotatable bonds is 7. The van der Waals surface area contributed by atoms with Gasteiger partial charge in [0.25, 0.3) is 5.56 Å². The van der Waals surface area contributed by atoms with Crippen molar-refractivity contribution in [1.82, 2.24) is 4.57 Å². The van der Waals surface area contributed by atoms with Crippen molar-refractivity contribution < 1.29 is 23.4 Å². The molecule has 1 aliphatic rings. The van der Waals surface area contributed by atoms with E-state index in [9.17, 15) is 9.59 Å². The predicted octanol–water partition coefficient (Wildman–Crippen LogP) is 3.55. The van der Waals surface area contributed by atoms with Crippen molar-refractivity contribution in [2.45, 2.75) is 13.0 Å². The second-order valence-electron chi connectivity index (χ2n) is 7.22. The molecule has 1 atom stereocenters. The average Bonchev–Trinajstić information content (AvgIpc) is 3.30. The zero-order valence-electron chi connectivity index (χ0n) is 18.5. The molecule has 1 aliphatic heterocycles. The molecule has 3 heterocycles. The molecule has 2 aromatic heterocycles. The van der Waals surface area contributed by atoms with E-state index in [0.29, 0.717) is 36.8 Å². The third-order valence-corrected chi connectivity index (χ3v) is 7.83. The Balaban J connectivity index is 1.92. The smallest absolute Gasteiger partial charge is 0.338 e. The number of ether oxygens (including phenoxy) is 3. The molecule has 0 spiro atoms. The first-order valence-corrected chi connectivity index (χ1v) is 12.5. The van der Waals surface area contributed by atoms with E-state index in [0.717, 1.165) is 4.47 Å². The maximum atomic E-state index is 13.6. The van der Waals surface area contributed by atoms with Gasteiger partial charge in [-0.1, -0.05) is 29.5 Å². The fraction of sp³-hybridized carbons (Fsp3) is 0.261. The van der Waals surface area contributed by atoms with Crippen molar-refractivity contribution in [3.8, 4) is 5.75 Å². The van der Waals surface area contributed by atoms with Crippen LogP contribution in [0.3, 0.4) is 0 Å². The summed E-state index contributed by atoms with van der Waals surface area (Å²) >= 11 is 7.90. The van der Waals surface area contributed by atoms with Crippen molar-refractivity contribution in [2.24, 2.45) is 4.99 Å². The number of carbonyl (C=O) groups is 1. The normalized spacial score (nSPS) is 15.8. The van der Waals surface area contributed by atoms with Crippen LogP contribution in [0.25, 0.3) is 6.08 Å². The van der Waals surface area contributed by atoms with Crippen LogP contribution in [0.5, 0.6) is 5.75 Å². The molecular formula is C23H20Br2N2O6S. The molecule has 8 nitrogen and oxygen atoms in total. The second-order valence-corrected chi connectivity index (χ2v) is 9.81. The highest BCUT2D eigenvalue weighted by Gasteiger charge is 2.35. The number of esters is 1. The first-order valence-electron chi connectivity index (χ1n) is 10.1. The summed E-state index contributed by atoms with van der Waals surface area (Å²) in [7, 11) is 3.07. The summed E-state index contributed by atoms with van der Waals surface area (Å²) in [5.74, 6) is 0.466. The van der Waals surface area contributed by atoms with Gasteiger partial charge in [-0.15, -0.1) is 0 Å². The Kier molecular flexibility index (Phi) is 7.56. The highest BCUT2D eigenvalue weighted by atomic mass is 79.9. The van der Waals surface area contributed by atoms with E-state index in [2.05, 4.69) is 36.9 Å². The monoisotopic (exact) mass is 610 g/mol. The first kappa shape index (κ1) is 24.6. The number of furan rings is 1. The van der Waals surface area contributed by atoms with Crippen LogP contribution in [-0.4, -0.2) is 38.0 Å². The molecular weight excluding hydrogens is 592 g/mol. The maximum Gasteiger partial charge on any atom is 0.338 e. The summed E-state index contributed by atoms with van der Waals surface area (Å²) < 4.78 is 24.8. The maximum absolute atomic E-state index is 13.6. The summed E-state index contributed by atoms with van der Waals surface area (Å²) in [6.45, 7) is 2.07. The molecule has 0 radical (unpaired) electrons. The summed E-state index contributed by atoms with van der Waals surface area (Å²) in [6.07, 6.45) is 1.65. The number of para-hydroxylation sites is 1. The number of hydrogen-bond donors (Lipinski definition) is 0. The third-order valence-electron chi connectivity index (χ3n) is 5.13. The van der Waals surface area contributed by atoms with E-state index in [-0.39, 0.29) is 24.3 Å². The van der Waals surface area contributed by atoms with E-state index in [4.69, 9.17) is 18.6 Å². The zero-order chi connectivity index (χ0) is 24.4. The van der Waals surface area contributed by atoms with Gasteiger partial charge in [-0.2, -0.15) is 0 Å². The van der Waals surface area contributed by atoms with Gasteiger partial charge >= 0.3 is 5.97 Å². The Morgan fingerprint density at radius 1 is 1.26 bits per heavy atom. The predicted molar refractivity (Wildman–Crippen MR) is 134 cm³/mol. The van der Waals surface area contributed by atoms with Crippen LogP contribution in [0, 0.1) is 0 Å². The van der Waals surface area contributed by atoms with Crippen LogP contribution in [0.2, 0.25) is 0 Å². The van der Waals surface area contributed by atoms with Gasteiger partial charge in [0.2, 0.25) is 0 Å². The lowest BCUT2D eigenvalue weighted by atomic mass is 9.95. The lowest BCUT2D eigenvalue weighted by molar-refractivity contribution is -0.140. The minimum absolute atomic E-state index is 0.0808. The quantitative estimate of drug-likeness (QED) is 0.300. The van der Waals surface area contributed by atoms with E-state index in [1.54, 1.807) is 32.2 Å². The molecule has 0 saturated heterocycles. The van der Waals surface area contributed by atoms with Crippen LogP contribution in [0.4, 0.5) is 0 Å². The first-order chi connectivity index (χ1) is 16.3. The number of benzene rings is 1. The molecule has 0 N–H and O–H groups in total. The Hall–Kier alpha value is -2.47. The third kappa shape index (κ3) is 4.70. The minimum Gasteiger partial charge on any atom is -0.496 e. The highest BCUT2D eigenvalue weighted by Crippen LogP contribution is 2.35. The number of nitrogens with zero attached hydrogens (tertiary/aromatic N) is 2.